The third-order valence-corrected chi connectivity index (χ3v) is 2.89. The van der Waals surface area contributed by atoms with E-state index in [2.05, 4.69) is 32.5 Å². The third kappa shape index (κ3) is 5.01. The molecule has 0 saturated heterocycles. The molecule has 0 spiro atoms. The van der Waals surface area contributed by atoms with Gasteiger partial charge in [-0.25, -0.2) is 5.53 Å². The lowest BCUT2D eigenvalue weighted by molar-refractivity contribution is 0.465. The summed E-state index contributed by atoms with van der Waals surface area (Å²) in [5.74, 6) is 2.37. The SMILES string of the molecule is C=C(N=N)SCC(C)C(C)C. The second-order valence-corrected chi connectivity index (χ2v) is 4.13. The van der Waals surface area contributed by atoms with E-state index in [-0.39, 0.29) is 0 Å². The van der Waals surface area contributed by atoms with Gasteiger partial charge in [-0.15, -0.1) is 11.8 Å². The molecule has 2 nitrogen and oxygen atoms in total. The predicted octanol–water partition coefficient (Wildman–Crippen LogP) is 3.51. The van der Waals surface area contributed by atoms with E-state index in [4.69, 9.17) is 5.53 Å². The Morgan fingerprint density at radius 2 is 2.09 bits per heavy atom. The van der Waals surface area contributed by atoms with Crippen LogP contribution in [0.25, 0.3) is 0 Å². The fourth-order valence-corrected chi connectivity index (χ4v) is 1.36. The maximum Gasteiger partial charge on any atom is 0.111 e. The zero-order valence-corrected chi connectivity index (χ0v) is 8.24. The van der Waals surface area contributed by atoms with Crippen LogP contribution < -0.4 is 0 Å². The summed E-state index contributed by atoms with van der Waals surface area (Å²) in [4.78, 5) is 0. The van der Waals surface area contributed by atoms with E-state index >= 15 is 0 Å². The summed E-state index contributed by atoms with van der Waals surface area (Å²) in [5.41, 5.74) is 6.66. The summed E-state index contributed by atoms with van der Waals surface area (Å²) in [6, 6.07) is 0. The molecule has 1 unspecified atom stereocenters. The monoisotopic (exact) mass is 172 g/mol. The van der Waals surface area contributed by atoms with E-state index in [9.17, 15) is 0 Å². The molecular formula is C8H16N2S. The maximum atomic E-state index is 6.66. The van der Waals surface area contributed by atoms with Gasteiger partial charge in [0.1, 0.15) is 5.03 Å². The van der Waals surface area contributed by atoms with E-state index < -0.39 is 0 Å². The van der Waals surface area contributed by atoms with Crippen LogP contribution in [0, 0.1) is 17.4 Å². The highest BCUT2D eigenvalue weighted by Crippen LogP contribution is 2.21. The van der Waals surface area contributed by atoms with Crippen LogP contribution >= 0.6 is 11.8 Å². The van der Waals surface area contributed by atoms with Gasteiger partial charge in [-0.1, -0.05) is 27.4 Å². The van der Waals surface area contributed by atoms with Crippen molar-refractivity contribution in [3.63, 3.8) is 0 Å². The molecule has 64 valence electrons. The third-order valence-electron chi connectivity index (χ3n) is 1.78. The molecule has 0 radical (unpaired) electrons. The topological polar surface area (TPSA) is 36.2 Å². The van der Waals surface area contributed by atoms with Gasteiger partial charge in [0.25, 0.3) is 0 Å². The van der Waals surface area contributed by atoms with Crippen LogP contribution in [-0.2, 0) is 0 Å². The van der Waals surface area contributed by atoms with Gasteiger partial charge in [0.05, 0.1) is 0 Å². The van der Waals surface area contributed by atoms with Crippen LogP contribution in [0.1, 0.15) is 20.8 Å². The van der Waals surface area contributed by atoms with E-state index in [1.807, 2.05) is 0 Å². The summed E-state index contributed by atoms with van der Waals surface area (Å²) in [5, 5.41) is 3.85. The fourth-order valence-electron chi connectivity index (χ4n) is 0.452. The number of hydrogen-bond acceptors (Lipinski definition) is 3. The van der Waals surface area contributed by atoms with Gasteiger partial charge < -0.3 is 0 Å². The Hall–Kier alpha value is -0.310. The summed E-state index contributed by atoms with van der Waals surface area (Å²) in [7, 11) is 0. The molecule has 0 aliphatic carbocycles. The van der Waals surface area contributed by atoms with Crippen molar-refractivity contribution < 1.29 is 0 Å². The number of rotatable bonds is 5. The van der Waals surface area contributed by atoms with Crippen LogP contribution in [0.3, 0.4) is 0 Å². The molecule has 0 heterocycles. The number of nitrogens with zero attached hydrogens (tertiary/aromatic N) is 1. The van der Waals surface area contributed by atoms with E-state index in [1.54, 1.807) is 11.8 Å². The highest BCUT2D eigenvalue weighted by molar-refractivity contribution is 8.03. The van der Waals surface area contributed by atoms with Gasteiger partial charge in [0.15, 0.2) is 0 Å². The van der Waals surface area contributed by atoms with Crippen LogP contribution in [0.15, 0.2) is 16.7 Å². The van der Waals surface area contributed by atoms with Crippen molar-refractivity contribution in [2.24, 2.45) is 17.0 Å². The number of nitrogens with one attached hydrogen (secondary N) is 1. The molecular weight excluding hydrogens is 156 g/mol. The molecule has 11 heavy (non-hydrogen) atoms. The molecule has 0 aliphatic heterocycles. The molecule has 0 saturated carbocycles. The molecule has 0 fully saturated rings. The Labute approximate surface area is 73.0 Å². The predicted molar refractivity (Wildman–Crippen MR) is 50.7 cm³/mol. The average Bonchev–Trinajstić information content (AvgIpc) is 1.99. The minimum absolute atomic E-state index is 0.609. The summed E-state index contributed by atoms with van der Waals surface area (Å²) in [6.45, 7) is 10.2. The van der Waals surface area contributed by atoms with Crippen LogP contribution in [0.5, 0.6) is 0 Å². The van der Waals surface area contributed by atoms with E-state index in [1.165, 1.54) is 0 Å². The van der Waals surface area contributed by atoms with Gasteiger partial charge in [0, 0.05) is 5.75 Å². The van der Waals surface area contributed by atoms with Gasteiger partial charge in [0.2, 0.25) is 0 Å². The molecule has 0 amide bonds. The van der Waals surface area contributed by atoms with Crippen molar-refractivity contribution >= 4 is 11.8 Å². The van der Waals surface area contributed by atoms with E-state index in [0.717, 1.165) is 5.75 Å². The number of thioether (sulfide) groups is 1. The quantitative estimate of drug-likeness (QED) is 0.633. The van der Waals surface area contributed by atoms with Crippen molar-refractivity contribution in [3.05, 3.63) is 11.6 Å². The summed E-state index contributed by atoms with van der Waals surface area (Å²) in [6.07, 6.45) is 0. The molecule has 0 bridgehead atoms. The first-order valence-electron chi connectivity index (χ1n) is 3.77. The summed E-state index contributed by atoms with van der Waals surface area (Å²) >= 11 is 1.56. The Morgan fingerprint density at radius 1 is 1.55 bits per heavy atom. The van der Waals surface area contributed by atoms with Crippen LogP contribution in [0.4, 0.5) is 0 Å². The molecule has 0 aromatic carbocycles. The molecule has 0 aromatic rings. The fraction of sp³-hybridized carbons (Fsp3) is 0.750. The summed E-state index contributed by atoms with van der Waals surface area (Å²) < 4.78 is 0. The van der Waals surface area contributed by atoms with Gasteiger partial charge in [-0.3, -0.25) is 0 Å². The standard InChI is InChI=1S/C8H16N2S/c1-6(2)7(3)5-11-8(4)10-9/h6-7,9H,4-5H2,1-3H3. The van der Waals surface area contributed by atoms with Crippen LogP contribution in [0.2, 0.25) is 0 Å². The zero-order chi connectivity index (χ0) is 8.85. The Bertz CT molecular complexity index is 143. The van der Waals surface area contributed by atoms with Crippen molar-refractivity contribution in [2.75, 3.05) is 5.75 Å². The number of hydrogen-bond donors (Lipinski definition) is 1. The highest BCUT2D eigenvalue weighted by Gasteiger charge is 2.07. The lowest BCUT2D eigenvalue weighted by Gasteiger charge is -2.13. The normalized spacial score (nSPS) is 13.1. The second kappa shape index (κ2) is 5.35. The Balaban J connectivity index is 3.53. The smallest absolute Gasteiger partial charge is 0.111 e. The Morgan fingerprint density at radius 3 is 2.45 bits per heavy atom. The largest absolute Gasteiger partial charge is 0.204 e. The minimum Gasteiger partial charge on any atom is -0.204 e. The second-order valence-electron chi connectivity index (χ2n) is 3.04. The molecule has 1 N–H and O–H groups in total. The Kier molecular flexibility index (Phi) is 5.20. The minimum atomic E-state index is 0.609. The average molecular weight is 172 g/mol. The molecule has 0 rings (SSSR count). The van der Waals surface area contributed by atoms with Crippen molar-refractivity contribution in [3.8, 4) is 0 Å². The van der Waals surface area contributed by atoms with Crippen molar-refractivity contribution in [1.82, 2.24) is 0 Å². The van der Waals surface area contributed by atoms with Crippen LogP contribution in [-0.4, -0.2) is 5.75 Å². The molecule has 0 aliphatic rings. The lowest BCUT2D eigenvalue weighted by atomic mass is 10.0. The van der Waals surface area contributed by atoms with Crippen molar-refractivity contribution in [1.29, 1.82) is 5.53 Å². The van der Waals surface area contributed by atoms with Gasteiger partial charge >= 0.3 is 0 Å². The molecule has 3 heteroatoms. The van der Waals surface area contributed by atoms with Gasteiger partial charge in [-0.05, 0) is 11.8 Å². The molecule has 0 aromatic heterocycles. The van der Waals surface area contributed by atoms with Gasteiger partial charge in [-0.2, -0.15) is 5.11 Å². The maximum absolute atomic E-state index is 6.66. The lowest BCUT2D eigenvalue weighted by Crippen LogP contribution is -2.06. The van der Waals surface area contributed by atoms with Crippen molar-refractivity contribution in [2.45, 2.75) is 20.8 Å². The first kappa shape index (κ1) is 10.7. The first-order valence-corrected chi connectivity index (χ1v) is 4.75. The van der Waals surface area contributed by atoms with E-state index in [0.29, 0.717) is 16.9 Å². The molecule has 1 atom stereocenters. The first-order chi connectivity index (χ1) is 5.07. The zero-order valence-electron chi connectivity index (χ0n) is 7.42. The highest BCUT2D eigenvalue weighted by atomic mass is 32.2.